The fourth-order valence-electron chi connectivity index (χ4n) is 3.06. The number of nitrogens with one attached hydrogen (secondary N) is 2. The molecular weight excluding hydrogens is 368 g/mol. The number of para-hydroxylation sites is 2. The molecule has 0 bridgehead atoms. The Labute approximate surface area is 167 Å². The van der Waals surface area contributed by atoms with E-state index in [-0.39, 0.29) is 17.6 Å². The summed E-state index contributed by atoms with van der Waals surface area (Å²) in [6, 6.07) is 18.0. The minimum Gasteiger partial charge on any atom is -0.345 e. The number of hydrogen-bond acceptors (Lipinski definition) is 5. The lowest BCUT2D eigenvalue weighted by Crippen LogP contribution is -2.57. The molecule has 0 radical (unpaired) electrons. The second-order valence-corrected chi connectivity index (χ2v) is 6.54. The van der Waals surface area contributed by atoms with Crippen LogP contribution in [0.2, 0.25) is 0 Å². The maximum atomic E-state index is 12.7. The Hall–Kier alpha value is -3.94. The third-order valence-corrected chi connectivity index (χ3v) is 4.53. The van der Waals surface area contributed by atoms with Gasteiger partial charge in [-0.15, -0.1) is 0 Å². The molecule has 1 atom stereocenters. The van der Waals surface area contributed by atoms with Crippen LogP contribution in [0.1, 0.15) is 12.5 Å². The number of nitrogens with zero attached hydrogens (tertiary/aromatic N) is 4. The standard InChI is InChI=1S/C21H20N6O2/c1-15-21(29)27(17-9-3-2-4-10-17)25-19(24-15)20(28)22-14-16-8-5-6-11-18(16)26-13-7-12-23-26/h2-13,15H,14H2,1H3,(H,22,28)(H,24,25). The molecule has 0 spiro atoms. The number of rotatable bonds is 5. The van der Waals surface area contributed by atoms with E-state index < -0.39 is 6.04 Å². The molecule has 8 nitrogen and oxygen atoms in total. The predicted molar refractivity (Wildman–Crippen MR) is 109 cm³/mol. The van der Waals surface area contributed by atoms with Crippen molar-refractivity contribution in [1.29, 1.82) is 0 Å². The molecule has 0 saturated carbocycles. The molecule has 1 unspecified atom stereocenters. The van der Waals surface area contributed by atoms with Gasteiger partial charge in [-0.25, -0.2) is 14.7 Å². The van der Waals surface area contributed by atoms with Crippen LogP contribution in [0.4, 0.5) is 5.69 Å². The molecular formula is C21H20N6O2. The summed E-state index contributed by atoms with van der Waals surface area (Å²) in [4.78, 5) is 29.4. The van der Waals surface area contributed by atoms with E-state index in [1.54, 1.807) is 29.9 Å². The van der Waals surface area contributed by atoms with Gasteiger partial charge < -0.3 is 5.32 Å². The second-order valence-electron chi connectivity index (χ2n) is 6.54. The van der Waals surface area contributed by atoms with Crippen LogP contribution in [0.5, 0.6) is 0 Å². The minimum absolute atomic E-state index is 0.0949. The average Bonchev–Trinajstić information content (AvgIpc) is 3.29. The number of hydrazine groups is 1. The Morgan fingerprint density at radius 2 is 1.86 bits per heavy atom. The summed E-state index contributed by atoms with van der Waals surface area (Å²) in [6.07, 6.45) is 3.55. The van der Waals surface area contributed by atoms with Crippen molar-refractivity contribution in [1.82, 2.24) is 20.5 Å². The summed E-state index contributed by atoms with van der Waals surface area (Å²) >= 11 is 0. The first-order valence-electron chi connectivity index (χ1n) is 9.23. The smallest absolute Gasteiger partial charge is 0.288 e. The van der Waals surface area contributed by atoms with Crippen molar-refractivity contribution >= 4 is 23.3 Å². The first kappa shape index (κ1) is 18.4. The second kappa shape index (κ2) is 7.97. The first-order chi connectivity index (χ1) is 14.1. The molecule has 2 amide bonds. The number of anilines is 1. The molecule has 4 rings (SSSR count). The fraction of sp³-hybridized carbons (Fsp3) is 0.143. The lowest BCUT2D eigenvalue weighted by Gasteiger charge is -2.30. The van der Waals surface area contributed by atoms with Gasteiger partial charge in [0.05, 0.1) is 11.4 Å². The third kappa shape index (κ3) is 3.86. The summed E-state index contributed by atoms with van der Waals surface area (Å²) in [6.45, 7) is 1.96. The van der Waals surface area contributed by atoms with Crippen LogP contribution < -0.4 is 15.8 Å². The highest BCUT2D eigenvalue weighted by Crippen LogP contribution is 2.16. The van der Waals surface area contributed by atoms with Crippen LogP contribution >= 0.6 is 0 Å². The highest BCUT2D eigenvalue weighted by Gasteiger charge is 2.30. The topological polar surface area (TPSA) is 91.6 Å². The SMILES string of the molecule is CC1N=C(C(=O)NCc2ccccc2-n2cccn2)NN(c2ccccc2)C1=O. The van der Waals surface area contributed by atoms with Crippen molar-refractivity contribution in [3.63, 3.8) is 0 Å². The van der Waals surface area contributed by atoms with Crippen LogP contribution in [0.25, 0.3) is 5.69 Å². The van der Waals surface area contributed by atoms with Gasteiger partial charge in [-0.05, 0) is 36.8 Å². The van der Waals surface area contributed by atoms with Crippen molar-refractivity contribution < 1.29 is 9.59 Å². The summed E-state index contributed by atoms with van der Waals surface area (Å²) in [5.41, 5.74) is 5.27. The quantitative estimate of drug-likeness (QED) is 0.698. The van der Waals surface area contributed by atoms with Crippen molar-refractivity contribution in [3.8, 4) is 5.69 Å². The van der Waals surface area contributed by atoms with Gasteiger partial charge in [0.1, 0.15) is 6.04 Å². The van der Waals surface area contributed by atoms with Gasteiger partial charge in [-0.2, -0.15) is 5.10 Å². The van der Waals surface area contributed by atoms with Crippen molar-refractivity contribution in [2.45, 2.75) is 19.5 Å². The molecule has 1 aliphatic rings. The zero-order valence-electron chi connectivity index (χ0n) is 15.8. The molecule has 146 valence electrons. The number of aliphatic imine (C=N–C) groups is 1. The zero-order valence-corrected chi connectivity index (χ0v) is 15.8. The number of amides is 2. The minimum atomic E-state index is -0.659. The van der Waals surface area contributed by atoms with Gasteiger partial charge in [0.2, 0.25) is 5.84 Å². The van der Waals surface area contributed by atoms with Crippen molar-refractivity contribution in [2.24, 2.45) is 4.99 Å². The predicted octanol–water partition coefficient (Wildman–Crippen LogP) is 1.83. The maximum Gasteiger partial charge on any atom is 0.288 e. The van der Waals surface area contributed by atoms with E-state index in [1.807, 2.05) is 54.7 Å². The van der Waals surface area contributed by atoms with Gasteiger partial charge in [-0.1, -0.05) is 36.4 Å². The number of carbonyl (C=O) groups is 2. The van der Waals surface area contributed by atoms with E-state index in [9.17, 15) is 9.59 Å². The first-order valence-corrected chi connectivity index (χ1v) is 9.23. The van der Waals surface area contributed by atoms with Crippen molar-refractivity contribution in [3.05, 3.63) is 78.6 Å². The molecule has 8 heteroatoms. The van der Waals surface area contributed by atoms with E-state index in [2.05, 4.69) is 20.8 Å². The molecule has 1 aromatic heterocycles. The Balaban J connectivity index is 1.49. The van der Waals surface area contributed by atoms with Gasteiger partial charge in [0.25, 0.3) is 11.8 Å². The number of aromatic nitrogens is 2. The number of carbonyl (C=O) groups excluding carboxylic acids is 2. The highest BCUT2D eigenvalue weighted by atomic mass is 16.2. The lowest BCUT2D eigenvalue weighted by atomic mass is 10.1. The molecule has 1 aliphatic heterocycles. The fourth-order valence-corrected chi connectivity index (χ4v) is 3.06. The van der Waals surface area contributed by atoms with Crippen LogP contribution in [0.15, 0.2) is 78.0 Å². The third-order valence-electron chi connectivity index (χ3n) is 4.53. The van der Waals surface area contributed by atoms with Crippen LogP contribution in [-0.2, 0) is 16.1 Å². The van der Waals surface area contributed by atoms with Crippen LogP contribution in [-0.4, -0.2) is 33.5 Å². The summed E-state index contributed by atoms with van der Waals surface area (Å²) in [7, 11) is 0. The van der Waals surface area contributed by atoms with E-state index in [1.165, 1.54) is 5.01 Å². The number of benzene rings is 2. The monoisotopic (exact) mass is 388 g/mol. The van der Waals surface area contributed by atoms with Gasteiger partial charge in [0.15, 0.2) is 0 Å². The Morgan fingerprint density at radius 3 is 2.62 bits per heavy atom. The van der Waals surface area contributed by atoms with Gasteiger partial charge >= 0.3 is 0 Å². The Bertz CT molecular complexity index is 1050. The largest absolute Gasteiger partial charge is 0.345 e. The molecule has 2 N–H and O–H groups in total. The van der Waals surface area contributed by atoms with E-state index in [4.69, 9.17) is 0 Å². The summed E-state index contributed by atoms with van der Waals surface area (Å²) in [5, 5.41) is 8.47. The highest BCUT2D eigenvalue weighted by molar-refractivity contribution is 6.39. The molecule has 3 aromatic rings. The van der Waals surface area contributed by atoms with Gasteiger partial charge in [-0.3, -0.25) is 15.0 Å². The molecule has 2 heterocycles. The average molecular weight is 388 g/mol. The zero-order chi connectivity index (χ0) is 20.2. The van der Waals surface area contributed by atoms with E-state index >= 15 is 0 Å². The maximum absolute atomic E-state index is 12.7. The van der Waals surface area contributed by atoms with Crippen LogP contribution in [0.3, 0.4) is 0 Å². The Morgan fingerprint density at radius 1 is 1.10 bits per heavy atom. The Kier molecular flexibility index (Phi) is 5.07. The molecule has 29 heavy (non-hydrogen) atoms. The van der Waals surface area contributed by atoms with Gasteiger partial charge in [0, 0.05) is 18.9 Å². The number of amidine groups is 1. The number of hydrogen-bond donors (Lipinski definition) is 2. The molecule has 0 aliphatic carbocycles. The summed E-state index contributed by atoms with van der Waals surface area (Å²) < 4.78 is 1.75. The van der Waals surface area contributed by atoms with Crippen molar-refractivity contribution in [2.75, 3.05) is 5.01 Å². The normalized spacial score (nSPS) is 16.2. The molecule has 0 saturated heterocycles. The van der Waals surface area contributed by atoms with E-state index in [0.717, 1.165) is 11.3 Å². The summed E-state index contributed by atoms with van der Waals surface area (Å²) in [5.74, 6) is -0.519. The van der Waals surface area contributed by atoms with Crippen LogP contribution in [0, 0.1) is 0 Å². The van der Waals surface area contributed by atoms with E-state index in [0.29, 0.717) is 12.2 Å². The lowest BCUT2D eigenvalue weighted by molar-refractivity contribution is -0.120. The molecule has 0 fully saturated rings. The molecule has 2 aromatic carbocycles.